The summed E-state index contributed by atoms with van der Waals surface area (Å²) in [7, 11) is 0. The van der Waals surface area contributed by atoms with Crippen LogP contribution in [0.1, 0.15) is 56.9 Å². The number of nitrogens with zero attached hydrogens (tertiary/aromatic N) is 1. The number of rotatable bonds is 18. The van der Waals surface area contributed by atoms with Crippen LogP contribution in [-0.2, 0) is 16.0 Å². The van der Waals surface area contributed by atoms with Crippen molar-refractivity contribution < 1.29 is 34.0 Å². The number of hydrogen-bond donors (Lipinski definition) is 7. The van der Waals surface area contributed by atoms with Gasteiger partial charge in [-0.15, -0.1) is 11.6 Å². The van der Waals surface area contributed by atoms with Gasteiger partial charge in [-0.25, -0.2) is 4.39 Å². The number of benzene rings is 1. The maximum absolute atomic E-state index is 14.6. The quantitative estimate of drug-likeness (QED) is 0.0924. The van der Waals surface area contributed by atoms with Crippen molar-refractivity contribution >= 4 is 23.4 Å². The lowest BCUT2D eigenvalue weighted by Gasteiger charge is -2.41. The van der Waals surface area contributed by atoms with Crippen LogP contribution in [0.25, 0.3) is 0 Å². The molecule has 0 radical (unpaired) electrons. The lowest BCUT2D eigenvalue weighted by molar-refractivity contribution is -0.125. The SMILES string of the molecule is O=C(Cc1ccc(OCCCC2CCN(C3NCC(Cl)CN3)CC2)cc1F)NCCCCCC(=O)NC(CO)(CO)CO. The summed E-state index contributed by atoms with van der Waals surface area (Å²) < 4.78 is 20.4. The molecule has 0 unspecified atom stereocenters. The Bertz CT molecular complexity index is 980. The molecule has 2 aliphatic heterocycles. The zero-order valence-electron chi connectivity index (χ0n) is 25.0. The van der Waals surface area contributed by atoms with Crippen LogP contribution in [0.3, 0.4) is 0 Å². The van der Waals surface area contributed by atoms with Crippen molar-refractivity contribution in [3.63, 3.8) is 0 Å². The summed E-state index contributed by atoms with van der Waals surface area (Å²) >= 11 is 6.14. The monoisotopic (exact) mass is 629 g/mol. The van der Waals surface area contributed by atoms with Crippen LogP contribution in [-0.4, -0.2) is 108 Å². The highest BCUT2D eigenvalue weighted by molar-refractivity contribution is 6.21. The largest absolute Gasteiger partial charge is 0.493 e. The number of halogens is 2. The number of ether oxygens (including phenoxy) is 1. The first-order valence-electron chi connectivity index (χ1n) is 15.4. The number of piperidine rings is 1. The van der Waals surface area contributed by atoms with Crippen LogP contribution in [0.4, 0.5) is 4.39 Å². The van der Waals surface area contributed by atoms with Gasteiger partial charge in [0.1, 0.15) is 23.4 Å². The van der Waals surface area contributed by atoms with Gasteiger partial charge in [0.15, 0.2) is 0 Å². The second kappa shape index (κ2) is 18.7. The van der Waals surface area contributed by atoms with Crippen LogP contribution in [0.2, 0.25) is 0 Å². The van der Waals surface area contributed by atoms with E-state index in [-0.39, 0.29) is 36.3 Å². The number of hydrogen-bond acceptors (Lipinski definition) is 9. The molecule has 2 saturated heterocycles. The first-order valence-corrected chi connectivity index (χ1v) is 15.9. The highest BCUT2D eigenvalue weighted by atomic mass is 35.5. The smallest absolute Gasteiger partial charge is 0.224 e. The van der Waals surface area contributed by atoms with Crippen molar-refractivity contribution in [3.05, 3.63) is 29.6 Å². The number of unbranched alkanes of at least 4 members (excludes halogenated alkanes) is 2. The van der Waals surface area contributed by atoms with Gasteiger partial charge in [-0.05, 0) is 56.1 Å². The molecule has 0 atom stereocenters. The highest BCUT2D eigenvalue weighted by Crippen LogP contribution is 2.24. The third kappa shape index (κ3) is 12.1. The van der Waals surface area contributed by atoms with Gasteiger partial charge < -0.3 is 30.7 Å². The van der Waals surface area contributed by atoms with Gasteiger partial charge in [0.2, 0.25) is 11.8 Å². The Hall–Kier alpha value is -2.06. The number of carbonyl (C=O) groups excluding carboxylic acids is 2. The van der Waals surface area contributed by atoms with Crippen LogP contribution in [0, 0.1) is 11.7 Å². The molecule has 13 heteroatoms. The number of aliphatic hydroxyl groups excluding tert-OH is 3. The molecule has 11 nitrogen and oxygen atoms in total. The summed E-state index contributed by atoms with van der Waals surface area (Å²) in [6.07, 6.45) is 6.44. The molecule has 0 bridgehead atoms. The van der Waals surface area contributed by atoms with Crippen molar-refractivity contribution in [2.75, 3.05) is 59.2 Å². The zero-order valence-corrected chi connectivity index (χ0v) is 25.7. The second-order valence-corrected chi connectivity index (χ2v) is 12.3. The standard InChI is InChI=1S/C30H49ClFN5O6/c31-24-17-34-29(35-18-24)37-12-9-22(10-13-37)5-4-14-43-25-8-7-23(26(32)16-25)15-28(42)33-11-3-1-2-6-27(41)36-30(19-38,20-39)21-40/h7-8,16,22,24,29,34-35,38-40H,1-6,9-15,17-21H2,(H,33,42)(H,36,41). The fourth-order valence-corrected chi connectivity index (χ4v) is 5.56. The third-order valence-corrected chi connectivity index (χ3v) is 8.50. The molecule has 1 aromatic carbocycles. The molecular formula is C30H49ClFN5O6. The van der Waals surface area contributed by atoms with Crippen molar-refractivity contribution in [1.29, 1.82) is 0 Å². The summed E-state index contributed by atoms with van der Waals surface area (Å²) in [5, 5.41) is 40.1. The Morgan fingerprint density at radius 3 is 2.37 bits per heavy atom. The minimum atomic E-state index is -1.43. The average Bonchev–Trinajstić information content (AvgIpc) is 3.02. The van der Waals surface area contributed by atoms with E-state index in [1.807, 2.05) is 0 Å². The fourth-order valence-electron chi connectivity index (χ4n) is 5.38. The minimum Gasteiger partial charge on any atom is -0.493 e. The summed E-state index contributed by atoms with van der Waals surface area (Å²) in [5.41, 5.74) is -1.12. The van der Waals surface area contributed by atoms with Gasteiger partial charge >= 0.3 is 0 Å². The van der Waals surface area contributed by atoms with Crippen molar-refractivity contribution in [1.82, 2.24) is 26.2 Å². The van der Waals surface area contributed by atoms with E-state index >= 15 is 0 Å². The van der Waals surface area contributed by atoms with Crippen LogP contribution >= 0.6 is 11.6 Å². The Labute approximate surface area is 258 Å². The van der Waals surface area contributed by atoms with Crippen LogP contribution < -0.4 is 26.0 Å². The summed E-state index contributed by atoms with van der Waals surface area (Å²) in [4.78, 5) is 26.7. The molecule has 2 amide bonds. The van der Waals surface area contributed by atoms with Gasteiger partial charge in [0.05, 0.1) is 38.2 Å². The molecule has 0 spiro atoms. The van der Waals surface area contributed by atoms with Gasteiger partial charge in [0.25, 0.3) is 0 Å². The van der Waals surface area contributed by atoms with Gasteiger partial charge in [-0.3, -0.25) is 25.1 Å². The molecule has 0 aliphatic carbocycles. The van der Waals surface area contributed by atoms with Gasteiger partial charge in [0, 0.05) is 45.2 Å². The van der Waals surface area contributed by atoms with Crippen LogP contribution in [0.5, 0.6) is 5.75 Å². The van der Waals surface area contributed by atoms with E-state index in [1.165, 1.54) is 6.07 Å². The molecule has 1 aromatic rings. The van der Waals surface area contributed by atoms with E-state index in [0.29, 0.717) is 49.6 Å². The van der Waals surface area contributed by atoms with E-state index in [9.17, 15) is 29.3 Å². The summed E-state index contributed by atoms with van der Waals surface area (Å²) in [5.74, 6) is -0.00910. The predicted molar refractivity (Wildman–Crippen MR) is 162 cm³/mol. The highest BCUT2D eigenvalue weighted by Gasteiger charge is 2.30. The molecule has 2 heterocycles. The number of carbonyl (C=O) groups is 2. The Balaban J connectivity index is 1.23. The molecule has 3 rings (SSSR count). The third-order valence-electron chi connectivity index (χ3n) is 8.20. The van der Waals surface area contributed by atoms with E-state index in [1.54, 1.807) is 12.1 Å². The molecule has 7 N–H and O–H groups in total. The lowest BCUT2D eigenvalue weighted by Crippen LogP contribution is -2.62. The Kier molecular flexibility index (Phi) is 15.4. The first kappa shape index (κ1) is 35.4. The molecule has 244 valence electrons. The van der Waals surface area contributed by atoms with Crippen molar-refractivity contribution in [2.45, 2.75) is 75.0 Å². The number of nitrogens with one attached hydrogen (secondary N) is 4. The van der Waals surface area contributed by atoms with Gasteiger partial charge in [-0.1, -0.05) is 12.5 Å². The zero-order chi connectivity index (χ0) is 31.1. The molecule has 2 aliphatic rings. The molecule has 43 heavy (non-hydrogen) atoms. The predicted octanol–water partition coefficient (Wildman–Crippen LogP) is 0.832. The number of likely N-dealkylation sites (tertiary alicyclic amines) is 1. The van der Waals surface area contributed by atoms with Crippen molar-refractivity contribution in [2.24, 2.45) is 5.92 Å². The topological polar surface area (TPSA) is 155 Å². The fraction of sp³-hybridized carbons (Fsp3) is 0.733. The minimum absolute atomic E-state index is 0.0723. The molecule has 2 fully saturated rings. The van der Waals surface area contributed by atoms with E-state index in [2.05, 4.69) is 26.2 Å². The summed E-state index contributed by atoms with van der Waals surface area (Å²) in [6.45, 7) is 2.97. The Morgan fingerprint density at radius 1 is 1.02 bits per heavy atom. The van der Waals surface area contributed by atoms with E-state index in [4.69, 9.17) is 16.3 Å². The molecular weight excluding hydrogens is 581 g/mol. The molecule has 0 saturated carbocycles. The number of amides is 2. The van der Waals surface area contributed by atoms with E-state index in [0.717, 1.165) is 51.9 Å². The number of aliphatic hydroxyl groups is 3. The lowest BCUT2D eigenvalue weighted by atomic mass is 9.92. The Morgan fingerprint density at radius 2 is 1.72 bits per heavy atom. The van der Waals surface area contributed by atoms with Crippen molar-refractivity contribution in [3.8, 4) is 5.75 Å². The average molecular weight is 630 g/mol. The molecule has 0 aromatic heterocycles. The van der Waals surface area contributed by atoms with Gasteiger partial charge in [-0.2, -0.15) is 0 Å². The summed E-state index contributed by atoms with van der Waals surface area (Å²) in [6, 6.07) is 4.62. The maximum atomic E-state index is 14.6. The van der Waals surface area contributed by atoms with Crippen LogP contribution in [0.15, 0.2) is 18.2 Å². The first-order chi connectivity index (χ1) is 20.8. The normalized spacial score (nSPS) is 20.1. The number of alkyl halides is 1. The second-order valence-electron chi connectivity index (χ2n) is 11.7. The van der Waals surface area contributed by atoms with E-state index < -0.39 is 31.2 Å². The maximum Gasteiger partial charge on any atom is 0.224 e.